The number of hydrogen-bond donors (Lipinski definition) is 0. The molecule has 1 spiro atoms. The van der Waals surface area contributed by atoms with Crippen LogP contribution in [-0.4, -0.2) is 31.9 Å². The first-order chi connectivity index (χ1) is 14.0. The van der Waals surface area contributed by atoms with Crippen molar-refractivity contribution in [3.63, 3.8) is 0 Å². The summed E-state index contributed by atoms with van der Waals surface area (Å²) in [6.07, 6.45) is 4.21. The first kappa shape index (κ1) is 18.6. The molecule has 6 nitrogen and oxygen atoms in total. The third kappa shape index (κ3) is 2.56. The highest BCUT2D eigenvalue weighted by atomic mass is 32.2. The quantitative estimate of drug-likeness (QED) is 0.546. The predicted molar refractivity (Wildman–Crippen MR) is 109 cm³/mol. The van der Waals surface area contributed by atoms with E-state index in [4.69, 9.17) is 9.78 Å². The van der Waals surface area contributed by atoms with Crippen molar-refractivity contribution in [2.24, 2.45) is 0 Å². The molecule has 3 aliphatic rings. The fourth-order valence-electron chi connectivity index (χ4n) is 3.82. The number of sulfone groups is 1. The molecule has 3 heterocycles. The molecule has 2 atom stereocenters. The summed E-state index contributed by atoms with van der Waals surface area (Å²) in [6.45, 7) is 2.76. The van der Waals surface area contributed by atoms with E-state index in [-0.39, 0.29) is 15.4 Å². The predicted octanol–water partition coefficient (Wildman–Crippen LogP) is 3.71. The Bertz CT molecular complexity index is 1190. The lowest BCUT2D eigenvalue weighted by Gasteiger charge is -2.47. The van der Waals surface area contributed by atoms with Gasteiger partial charge >= 0.3 is 0 Å². The summed E-state index contributed by atoms with van der Waals surface area (Å²) in [5.74, 6) is -0.483. The number of allylic oxidation sites excluding steroid dienone is 3. The van der Waals surface area contributed by atoms with Crippen molar-refractivity contribution >= 4 is 33.1 Å². The van der Waals surface area contributed by atoms with Gasteiger partial charge in [-0.3, -0.25) is 4.79 Å². The van der Waals surface area contributed by atoms with Crippen molar-refractivity contribution in [1.82, 2.24) is 0 Å². The monoisotopic (exact) mass is 427 g/mol. The number of nitrogens with zero attached hydrogens (tertiary/aromatic N) is 1. The molecule has 0 radical (unpaired) electrons. The zero-order valence-electron chi connectivity index (χ0n) is 15.4. The number of benzene rings is 2. The summed E-state index contributed by atoms with van der Waals surface area (Å²) >= 11 is 1.56. The van der Waals surface area contributed by atoms with E-state index in [2.05, 4.69) is 4.90 Å². The number of likely N-dealkylation sites (N-methyl/N-ethyl adjacent to an activating group) is 1. The normalized spacial score (nSPS) is 28.2. The van der Waals surface area contributed by atoms with Crippen LogP contribution < -0.4 is 4.90 Å². The molecule has 0 N–H and O–H groups in total. The van der Waals surface area contributed by atoms with Crippen molar-refractivity contribution in [2.45, 2.75) is 27.9 Å². The van der Waals surface area contributed by atoms with E-state index < -0.39 is 26.8 Å². The van der Waals surface area contributed by atoms with Crippen LogP contribution in [0.25, 0.3) is 0 Å². The molecule has 29 heavy (non-hydrogen) atoms. The van der Waals surface area contributed by atoms with Gasteiger partial charge in [-0.2, -0.15) is 4.89 Å². The SMILES string of the molecule is CCN1c2ccccc2SC12OOC2/C=C/C=C1/C(=O)c2ccccc2S1(=O)=O. The summed E-state index contributed by atoms with van der Waals surface area (Å²) in [7, 11) is -3.80. The number of anilines is 1. The van der Waals surface area contributed by atoms with Gasteiger partial charge in [0.05, 0.1) is 10.6 Å². The number of hydrogen-bond acceptors (Lipinski definition) is 7. The second-order valence-corrected chi connectivity index (χ2v) is 9.90. The second kappa shape index (κ2) is 6.56. The largest absolute Gasteiger partial charge is 0.329 e. The molecule has 0 aromatic heterocycles. The van der Waals surface area contributed by atoms with Gasteiger partial charge in [-0.1, -0.05) is 42.1 Å². The zero-order valence-corrected chi connectivity index (χ0v) is 17.1. The maximum absolute atomic E-state index is 12.7. The number of ketones is 1. The molecule has 0 saturated carbocycles. The van der Waals surface area contributed by atoms with Gasteiger partial charge in [0.25, 0.3) is 5.06 Å². The molecule has 0 amide bonds. The Hall–Kier alpha value is -2.39. The zero-order chi connectivity index (χ0) is 20.2. The molecule has 8 heteroatoms. The van der Waals surface area contributed by atoms with E-state index in [9.17, 15) is 13.2 Å². The lowest BCUT2D eigenvalue weighted by molar-refractivity contribution is -0.465. The van der Waals surface area contributed by atoms with Gasteiger partial charge in [-0.25, -0.2) is 13.3 Å². The number of carbonyl (C=O) groups is 1. The first-order valence-corrected chi connectivity index (χ1v) is 11.5. The molecule has 0 aliphatic carbocycles. The van der Waals surface area contributed by atoms with E-state index in [1.165, 1.54) is 18.2 Å². The number of para-hydroxylation sites is 1. The number of rotatable bonds is 3. The molecule has 1 fully saturated rings. The highest BCUT2D eigenvalue weighted by Gasteiger charge is 2.59. The van der Waals surface area contributed by atoms with Crippen LogP contribution in [0.1, 0.15) is 17.3 Å². The maximum atomic E-state index is 12.7. The lowest BCUT2D eigenvalue weighted by atomic mass is 10.1. The summed E-state index contributed by atoms with van der Waals surface area (Å²) in [5.41, 5.74) is 1.29. The average Bonchev–Trinajstić information content (AvgIpc) is 3.17. The number of carbonyl (C=O) groups excluding carboxylic acids is 1. The van der Waals surface area contributed by atoms with Gasteiger partial charge in [-0.15, -0.1) is 0 Å². The fraction of sp³-hybridized carbons (Fsp3) is 0.190. The number of fused-ring (bicyclic) bond motifs is 2. The third-order valence-electron chi connectivity index (χ3n) is 5.20. The molecule has 5 rings (SSSR count). The van der Waals surface area contributed by atoms with Gasteiger partial charge < -0.3 is 4.90 Å². The van der Waals surface area contributed by atoms with E-state index >= 15 is 0 Å². The molecule has 0 bridgehead atoms. The Morgan fingerprint density at radius 2 is 1.93 bits per heavy atom. The fourth-order valence-corrected chi connectivity index (χ4v) is 6.77. The maximum Gasteiger partial charge on any atom is 0.260 e. The Morgan fingerprint density at radius 1 is 1.17 bits per heavy atom. The van der Waals surface area contributed by atoms with Crippen molar-refractivity contribution in [2.75, 3.05) is 11.4 Å². The van der Waals surface area contributed by atoms with Crippen LogP contribution in [0.3, 0.4) is 0 Å². The lowest BCUT2D eigenvalue weighted by Crippen LogP contribution is -2.62. The number of thioether (sulfide) groups is 1. The van der Waals surface area contributed by atoms with Crippen LogP contribution in [0.5, 0.6) is 0 Å². The second-order valence-electron chi connectivity index (χ2n) is 6.79. The van der Waals surface area contributed by atoms with Crippen LogP contribution in [0, 0.1) is 0 Å². The summed E-state index contributed by atoms with van der Waals surface area (Å²) in [6, 6.07) is 14.3. The third-order valence-corrected chi connectivity index (χ3v) is 8.42. The smallest absolute Gasteiger partial charge is 0.260 e. The van der Waals surface area contributed by atoms with Gasteiger partial charge in [0, 0.05) is 17.0 Å². The van der Waals surface area contributed by atoms with Crippen LogP contribution in [0.15, 0.2) is 81.5 Å². The van der Waals surface area contributed by atoms with E-state index in [1.54, 1.807) is 36.0 Å². The molecular formula is C21H17NO5S2. The van der Waals surface area contributed by atoms with Crippen molar-refractivity contribution in [3.05, 3.63) is 77.2 Å². The minimum atomic E-state index is -3.80. The topological polar surface area (TPSA) is 72.9 Å². The summed E-state index contributed by atoms with van der Waals surface area (Å²) in [4.78, 5) is 26.4. The Kier molecular flexibility index (Phi) is 4.22. The molecule has 2 unspecified atom stereocenters. The summed E-state index contributed by atoms with van der Waals surface area (Å²) in [5, 5.41) is -0.727. The highest BCUT2D eigenvalue weighted by Crippen LogP contribution is 2.57. The Labute approximate surface area is 172 Å². The Balaban J connectivity index is 1.43. The van der Waals surface area contributed by atoms with Crippen LogP contribution in [0.4, 0.5) is 5.69 Å². The molecule has 3 aliphatic heterocycles. The first-order valence-electron chi connectivity index (χ1n) is 9.16. The Morgan fingerprint density at radius 3 is 2.66 bits per heavy atom. The number of Topliss-reactive ketones (excluding diaryl/α,β-unsaturated/α-hetero) is 1. The molecule has 2 aromatic rings. The minimum Gasteiger partial charge on any atom is -0.329 e. The van der Waals surface area contributed by atoms with Crippen molar-refractivity contribution in [1.29, 1.82) is 0 Å². The van der Waals surface area contributed by atoms with Gasteiger partial charge in [0.2, 0.25) is 15.6 Å². The highest BCUT2D eigenvalue weighted by molar-refractivity contribution is 8.01. The van der Waals surface area contributed by atoms with E-state index in [0.717, 1.165) is 17.1 Å². The van der Waals surface area contributed by atoms with Gasteiger partial charge in [0.15, 0.2) is 6.10 Å². The van der Waals surface area contributed by atoms with Crippen LogP contribution >= 0.6 is 11.8 Å². The average molecular weight is 428 g/mol. The molecule has 148 valence electrons. The van der Waals surface area contributed by atoms with Crippen LogP contribution in [0.2, 0.25) is 0 Å². The van der Waals surface area contributed by atoms with E-state index in [1.807, 2.05) is 31.2 Å². The molecule has 1 saturated heterocycles. The summed E-state index contributed by atoms with van der Waals surface area (Å²) < 4.78 is 25.3. The molecular weight excluding hydrogens is 410 g/mol. The van der Waals surface area contributed by atoms with Crippen molar-refractivity contribution in [3.8, 4) is 0 Å². The van der Waals surface area contributed by atoms with Crippen LogP contribution in [-0.2, 0) is 19.6 Å². The van der Waals surface area contributed by atoms with Gasteiger partial charge in [-0.05, 0) is 43.3 Å². The van der Waals surface area contributed by atoms with Crippen molar-refractivity contribution < 1.29 is 23.0 Å². The molecule has 2 aromatic carbocycles. The van der Waals surface area contributed by atoms with E-state index in [0.29, 0.717) is 0 Å². The van der Waals surface area contributed by atoms with Gasteiger partial charge in [0.1, 0.15) is 4.91 Å². The minimum absolute atomic E-state index is 0.0586. The standard InChI is InChI=1S/C21H17NO5S2/c1-2-22-15-9-4-5-10-16(15)28-21(22)19(26-27-21)13-7-12-18-20(23)14-8-3-6-11-17(14)29(18,24)25/h3-13,19H,2H2,1H3/b13-7+,18-12-.